The van der Waals surface area contributed by atoms with Gasteiger partial charge in [0.25, 0.3) is 0 Å². The first-order valence-electron chi connectivity index (χ1n) is 7.31. The summed E-state index contributed by atoms with van der Waals surface area (Å²) in [5.74, 6) is -0.511. The molecule has 0 aliphatic carbocycles. The Morgan fingerprint density at radius 3 is 2.52 bits per heavy atom. The lowest BCUT2D eigenvalue weighted by atomic mass is 10.2. The van der Waals surface area contributed by atoms with E-state index >= 15 is 0 Å². The molecule has 1 aromatic heterocycles. The molecule has 0 aliphatic rings. The number of esters is 1. The van der Waals surface area contributed by atoms with Crippen molar-refractivity contribution in [2.24, 2.45) is 5.10 Å². The van der Waals surface area contributed by atoms with E-state index in [-0.39, 0.29) is 12.3 Å². The van der Waals surface area contributed by atoms with Crippen molar-refractivity contribution >= 4 is 23.1 Å². The van der Waals surface area contributed by atoms with Crippen LogP contribution in [0.25, 0.3) is 0 Å². The number of benzene rings is 1. The zero-order chi connectivity index (χ0) is 16.7. The summed E-state index contributed by atoms with van der Waals surface area (Å²) in [7, 11) is 3.95. The molecule has 6 nitrogen and oxygen atoms in total. The summed E-state index contributed by atoms with van der Waals surface area (Å²) in [6.45, 7) is 2.03. The summed E-state index contributed by atoms with van der Waals surface area (Å²) in [6.07, 6.45) is 1.61. The van der Waals surface area contributed by atoms with E-state index in [0.29, 0.717) is 5.69 Å². The number of carbonyl (C=O) groups is 1. The van der Waals surface area contributed by atoms with Crippen LogP contribution in [0.1, 0.15) is 12.6 Å². The Morgan fingerprint density at radius 2 is 1.96 bits per heavy atom. The minimum atomic E-state index is -0.511. The lowest BCUT2D eigenvalue weighted by Gasteiger charge is -2.12. The number of nitrogens with one attached hydrogen (secondary N) is 1. The van der Waals surface area contributed by atoms with Gasteiger partial charge in [-0.3, -0.25) is 10.4 Å². The van der Waals surface area contributed by atoms with Gasteiger partial charge in [0, 0.05) is 26.0 Å². The molecule has 1 N–H and O–H groups in total. The van der Waals surface area contributed by atoms with E-state index in [4.69, 9.17) is 4.74 Å². The number of hydrazone groups is 1. The Kier molecular flexibility index (Phi) is 5.68. The third-order valence-electron chi connectivity index (χ3n) is 3.06. The van der Waals surface area contributed by atoms with Crippen molar-refractivity contribution in [3.63, 3.8) is 0 Å². The SMILES string of the molecule is CCOC(=O)/C(=N\Nc1ccc(N(C)C)cc1)c1ccccn1. The number of hydrogen-bond donors (Lipinski definition) is 1. The summed E-state index contributed by atoms with van der Waals surface area (Å²) in [6, 6.07) is 13.0. The van der Waals surface area contributed by atoms with Crippen LogP contribution in [-0.2, 0) is 9.53 Å². The minimum absolute atomic E-state index is 0.143. The van der Waals surface area contributed by atoms with E-state index in [0.717, 1.165) is 11.4 Å². The van der Waals surface area contributed by atoms with Gasteiger partial charge in [0.15, 0.2) is 5.71 Å². The van der Waals surface area contributed by atoms with E-state index in [9.17, 15) is 4.79 Å². The summed E-state index contributed by atoms with van der Waals surface area (Å²) < 4.78 is 5.04. The van der Waals surface area contributed by atoms with Crippen molar-refractivity contribution in [1.82, 2.24) is 4.98 Å². The molecule has 1 heterocycles. The van der Waals surface area contributed by atoms with Crippen LogP contribution in [0, 0.1) is 0 Å². The third-order valence-corrected chi connectivity index (χ3v) is 3.06. The van der Waals surface area contributed by atoms with Crippen LogP contribution in [0.15, 0.2) is 53.8 Å². The minimum Gasteiger partial charge on any atom is -0.461 e. The number of ether oxygens (including phenoxy) is 1. The molecule has 0 amide bonds. The maximum Gasteiger partial charge on any atom is 0.361 e. The van der Waals surface area contributed by atoms with E-state index in [1.165, 1.54) is 0 Å². The Labute approximate surface area is 135 Å². The molecular weight excluding hydrogens is 292 g/mol. The van der Waals surface area contributed by atoms with Gasteiger partial charge in [0.05, 0.1) is 18.0 Å². The van der Waals surface area contributed by atoms with Gasteiger partial charge < -0.3 is 9.64 Å². The van der Waals surface area contributed by atoms with Crippen LogP contribution in [0.3, 0.4) is 0 Å². The molecule has 0 atom stereocenters. The first-order chi connectivity index (χ1) is 11.1. The zero-order valence-corrected chi connectivity index (χ0v) is 13.5. The molecular formula is C17H20N4O2. The molecule has 1 aromatic carbocycles. The topological polar surface area (TPSA) is 66.8 Å². The normalized spacial score (nSPS) is 11.0. The van der Waals surface area contributed by atoms with Crippen molar-refractivity contribution in [1.29, 1.82) is 0 Å². The molecule has 0 saturated heterocycles. The van der Waals surface area contributed by atoms with E-state index in [1.54, 1.807) is 31.3 Å². The molecule has 0 aliphatic heterocycles. The molecule has 2 aromatic rings. The first kappa shape index (κ1) is 16.5. The predicted octanol–water partition coefficient (Wildman–Crippen LogP) is 2.53. The van der Waals surface area contributed by atoms with E-state index < -0.39 is 5.97 Å². The molecule has 6 heteroatoms. The molecule has 0 saturated carbocycles. The summed E-state index contributed by atoms with van der Waals surface area (Å²) in [5.41, 5.74) is 5.33. The summed E-state index contributed by atoms with van der Waals surface area (Å²) in [4.78, 5) is 18.2. The molecule has 0 spiro atoms. The quantitative estimate of drug-likeness (QED) is 0.504. The standard InChI is InChI=1S/C17H20N4O2/c1-4-23-17(22)16(15-7-5-6-12-18-15)20-19-13-8-10-14(11-9-13)21(2)3/h5-12,19H,4H2,1-3H3/b20-16-. The van der Waals surface area contributed by atoms with Crippen LogP contribution in [0.4, 0.5) is 11.4 Å². The molecule has 2 rings (SSSR count). The summed E-state index contributed by atoms with van der Waals surface area (Å²) >= 11 is 0. The monoisotopic (exact) mass is 312 g/mol. The fourth-order valence-corrected chi connectivity index (χ4v) is 1.86. The van der Waals surface area contributed by atoms with Gasteiger partial charge in [-0.05, 0) is 43.3 Å². The van der Waals surface area contributed by atoms with Gasteiger partial charge >= 0.3 is 5.97 Å². The highest BCUT2D eigenvalue weighted by Crippen LogP contribution is 2.15. The third kappa shape index (κ3) is 4.54. The Hall–Kier alpha value is -2.89. The number of rotatable bonds is 6. The fraction of sp³-hybridized carbons (Fsp3) is 0.235. The highest BCUT2D eigenvalue weighted by atomic mass is 16.5. The second-order valence-electron chi connectivity index (χ2n) is 4.95. The maximum absolute atomic E-state index is 12.1. The van der Waals surface area contributed by atoms with Crippen LogP contribution >= 0.6 is 0 Å². The van der Waals surface area contributed by atoms with Crippen molar-refractivity contribution in [3.8, 4) is 0 Å². The number of anilines is 2. The average Bonchev–Trinajstić information content (AvgIpc) is 2.57. The molecule has 23 heavy (non-hydrogen) atoms. The lowest BCUT2D eigenvalue weighted by Crippen LogP contribution is -2.21. The van der Waals surface area contributed by atoms with Gasteiger partial charge in [-0.2, -0.15) is 5.10 Å². The number of pyridine rings is 1. The Morgan fingerprint density at radius 1 is 1.22 bits per heavy atom. The maximum atomic E-state index is 12.1. The fourth-order valence-electron chi connectivity index (χ4n) is 1.86. The van der Waals surface area contributed by atoms with Gasteiger partial charge in [0.1, 0.15) is 0 Å². The molecule has 0 bridgehead atoms. The Balaban J connectivity index is 2.21. The van der Waals surface area contributed by atoms with Gasteiger partial charge in [0.2, 0.25) is 0 Å². The largest absolute Gasteiger partial charge is 0.461 e. The molecule has 120 valence electrons. The highest BCUT2D eigenvalue weighted by molar-refractivity contribution is 6.42. The van der Waals surface area contributed by atoms with Gasteiger partial charge in [-0.1, -0.05) is 6.07 Å². The zero-order valence-electron chi connectivity index (χ0n) is 13.5. The van der Waals surface area contributed by atoms with Crippen LogP contribution in [-0.4, -0.2) is 37.4 Å². The van der Waals surface area contributed by atoms with Crippen molar-refractivity contribution in [2.75, 3.05) is 31.0 Å². The van der Waals surface area contributed by atoms with Crippen molar-refractivity contribution in [2.45, 2.75) is 6.92 Å². The average molecular weight is 312 g/mol. The smallest absolute Gasteiger partial charge is 0.361 e. The van der Waals surface area contributed by atoms with Gasteiger partial charge in [-0.25, -0.2) is 4.79 Å². The van der Waals surface area contributed by atoms with E-state index in [1.807, 2.05) is 43.3 Å². The van der Waals surface area contributed by atoms with Gasteiger partial charge in [-0.15, -0.1) is 0 Å². The Bertz CT molecular complexity index is 667. The summed E-state index contributed by atoms with van der Waals surface area (Å²) in [5, 5.41) is 4.17. The molecule has 0 unspecified atom stereocenters. The van der Waals surface area contributed by atoms with E-state index in [2.05, 4.69) is 15.5 Å². The molecule has 0 fully saturated rings. The second kappa shape index (κ2) is 7.93. The predicted molar refractivity (Wildman–Crippen MR) is 91.8 cm³/mol. The molecule has 0 radical (unpaired) electrons. The van der Waals surface area contributed by atoms with Crippen molar-refractivity contribution in [3.05, 3.63) is 54.4 Å². The number of hydrogen-bond acceptors (Lipinski definition) is 6. The number of carbonyl (C=O) groups excluding carboxylic acids is 1. The van der Waals surface area contributed by atoms with Crippen LogP contribution in [0.5, 0.6) is 0 Å². The lowest BCUT2D eigenvalue weighted by molar-refractivity contribution is -0.134. The number of aromatic nitrogens is 1. The van der Waals surface area contributed by atoms with Crippen LogP contribution in [0.2, 0.25) is 0 Å². The van der Waals surface area contributed by atoms with Crippen molar-refractivity contribution < 1.29 is 9.53 Å². The highest BCUT2D eigenvalue weighted by Gasteiger charge is 2.16. The number of nitrogens with zero attached hydrogens (tertiary/aromatic N) is 3. The first-order valence-corrected chi connectivity index (χ1v) is 7.31. The second-order valence-corrected chi connectivity index (χ2v) is 4.95. The van der Waals surface area contributed by atoms with Crippen LogP contribution < -0.4 is 10.3 Å².